The standard InChI is InChI=1S/C33H54N2O11/c1-8-26-23(17-43-28(40)16-34)13-18(2)9-10-24(37)19(3)14-22(11-12-36)32(20(4)25(38)15-27(39)45-26)46-33-31(42)29(35(6)7)30(41)21(5)44-33/h9-10,12-13,19-23,25-26,29-33,38,41-42H,8,11,14-17,34H2,1-7H3/b10-9+,18-13+/t19-,20+,21-,22+,23-,25-,26-,29+,30-,31-,32-,33+/m1/s1. The minimum atomic E-state index is -1.30. The summed E-state index contributed by atoms with van der Waals surface area (Å²) in [5.41, 5.74) is 6.05. The van der Waals surface area contributed by atoms with Gasteiger partial charge in [0.25, 0.3) is 0 Å². The van der Waals surface area contributed by atoms with E-state index in [9.17, 15) is 34.5 Å². The van der Waals surface area contributed by atoms with E-state index >= 15 is 0 Å². The van der Waals surface area contributed by atoms with Crippen LogP contribution in [0.25, 0.3) is 0 Å². The van der Waals surface area contributed by atoms with Crippen molar-refractivity contribution >= 4 is 24.0 Å². The number of nitrogens with zero attached hydrogens (tertiary/aromatic N) is 1. The number of carbonyl (C=O) groups excluding carboxylic acids is 4. The van der Waals surface area contributed by atoms with Gasteiger partial charge in [-0.2, -0.15) is 0 Å². The lowest BCUT2D eigenvalue weighted by Crippen LogP contribution is -2.63. The number of likely N-dealkylation sites (N-methyl/N-ethyl adjacent to an activating group) is 1. The second kappa shape index (κ2) is 18.7. The van der Waals surface area contributed by atoms with Gasteiger partial charge in [0, 0.05) is 24.2 Å². The summed E-state index contributed by atoms with van der Waals surface area (Å²) in [7, 11) is 3.42. The molecule has 0 spiro atoms. The molecular formula is C33H54N2O11. The molecule has 13 nitrogen and oxygen atoms in total. The molecule has 0 radical (unpaired) electrons. The number of ketones is 1. The topological polar surface area (TPSA) is 195 Å². The summed E-state index contributed by atoms with van der Waals surface area (Å²) in [4.78, 5) is 51.8. The second-order valence-electron chi connectivity index (χ2n) is 12.8. The Morgan fingerprint density at radius 2 is 1.80 bits per heavy atom. The van der Waals surface area contributed by atoms with Crippen LogP contribution in [0.3, 0.4) is 0 Å². The Bertz CT molecular complexity index is 1080. The fourth-order valence-electron chi connectivity index (χ4n) is 6.16. The number of cyclic esters (lactones) is 1. The first-order valence-corrected chi connectivity index (χ1v) is 16.1. The van der Waals surface area contributed by atoms with Crippen LogP contribution in [0, 0.1) is 23.7 Å². The van der Waals surface area contributed by atoms with Gasteiger partial charge in [-0.1, -0.05) is 38.5 Å². The van der Waals surface area contributed by atoms with Crippen molar-refractivity contribution in [1.82, 2.24) is 4.90 Å². The fraction of sp³-hybridized carbons (Fsp3) is 0.758. The molecule has 5 N–H and O–H groups in total. The van der Waals surface area contributed by atoms with Crippen molar-refractivity contribution in [3.8, 4) is 0 Å². The quantitative estimate of drug-likeness (QED) is 0.203. The Hall–Kier alpha value is -2.52. The van der Waals surface area contributed by atoms with Gasteiger partial charge in [0.15, 0.2) is 12.1 Å². The highest BCUT2D eigenvalue weighted by atomic mass is 16.7. The third-order valence-corrected chi connectivity index (χ3v) is 8.96. The molecule has 262 valence electrons. The van der Waals surface area contributed by atoms with Crippen LogP contribution in [-0.2, 0) is 38.1 Å². The molecular weight excluding hydrogens is 600 g/mol. The lowest BCUT2D eigenvalue weighted by atomic mass is 9.79. The number of esters is 2. The Morgan fingerprint density at radius 1 is 1.13 bits per heavy atom. The van der Waals surface area contributed by atoms with E-state index in [2.05, 4.69) is 0 Å². The number of allylic oxidation sites excluding steroid dienone is 3. The van der Waals surface area contributed by atoms with Gasteiger partial charge in [0.05, 0.1) is 43.4 Å². The highest BCUT2D eigenvalue weighted by molar-refractivity contribution is 5.91. The maximum atomic E-state index is 13.2. The van der Waals surface area contributed by atoms with Crippen LogP contribution >= 0.6 is 0 Å². The molecule has 1 saturated heterocycles. The first kappa shape index (κ1) is 39.7. The van der Waals surface area contributed by atoms with Crippen LogP contribution in [-0.4, -0.2) is 120 Å². The van der Waals surface area contributed by atoms with Crippen molar-refractivity contribution in [2.75, 3.05) is 27.2 Å². The Labute approximate surface area is 272 Å². The molecule has 0 aromatic rings. The molecule has 0 aromatic heterocycles. The Kier molecular flexibility index (Phi) is 16.1. The molecule has 1 fully saturated rings. The zero-order valence-electron chi connectivity index (χ0n) is 28.1. The van der Waals surface area contributed by atoms with Gasteiger partial charge >= 0.3 is 11.9 Å². The smallest absolute Gasteiger partial charge is 0.319 e. The Balaban J connectivity index is 2.52. The number of rotatable bonds is 9. The van der Waals surface area contributed by atoms with Gasteiger partial charge in [-0.25, -0.2) is 0 Å². The number of aliphatic hydroxyl groups is 3. The van der Waals surface area contributed by atoms with Gasteiger partial charge < -0.3 is 49.7 Å². The Morgan fingerprint density at radius 3 is 2.39 bits per heavy atom. The van der Waals surface area contributed by atoms with Crippen LogP contribution in [0.2, 0.25) is 0 Å². The van der Waals surface area contributed by atoms with E-state index in [1.165, 1.54) is 6.08 Å². The van der Waals surface area contributed by atoms with Gasteiger partial charge in [-0.3, -0.25) is 14.4 Å². The van der Waals surface area contributed by atoms with Crippen molar-refractivity contribution in [2.45, 2.75) is 109 Å². The van der Waals surface area contributed by atoms with Gasteiger partial charge in [-0.05, 0) is 52.8 Å². The summed E-state index contributed by atoms with van der Waals surface area (Å²) < 4.78 is 23.3. The summed E-state index contributed by atoms with van der Waals surface area (Å²) in [5.74, 6) is -4.01. The van der Waals surface area contributed by atoms with Crippen molar-refractivity contribution in [1.29, 1.82) is 0 Å². The molecule has 0 saturated carbocycles. The van der Waals surface area contributed by atoms with Crippen molar-refractivity contribution in [3.63, 3.8) is 0 Å². The van der Waals surface area contributed by atoms with Gasteiger partial charge in [0.2, 0.25) is 0 Å². The molecule has 2 heterocycles. The predicted octanol–water partition coefficient (Wildman–Crippen LogP) is 0.912. The summed E-state index contributed by atoms with van der Waals surface area (Å²) in [6.45, 7) is 8.20. The average molecular weight is 655 g/mol. The van der Waals surface area contributed by atoms with Gasteiger partial charge in [0.1, 0.15) is 25.1 Å². The summed E-state index contributed by atoms with van der Waals surface area (Å²) in [6.07, 6.45) is -1.56. The van der Waals surface area contributed by atoms with E-state index in [1.54, 1.807) is 65.8 Å². The molecule has 0 aliphatic carbocycles. The van der Waals surface area contributed by atoms with Crippen LogP contribution in [0.1, 0.15) is 60.3 Å². The lowest BCUT2D eigenvalue weighted by molar-refractivity contribution is -0.304. The molecule has 13 heteroatoms. The van der Waals surface area contributed by atoms with Crippen LogP contribution < -0.4 is 5.73 Å². The number of nitrogens with two attached hydrogens (primary N) is 1. The van der Waals surface area contributed by atoms with E-state index in [0.717, 1.165) is 0 Å². The monoisotopic (exact) mass is 654 g/mol. The molecule has 0 bridgehead atoms. The maximum Gasteiger partial charge on any atom is 0.319 e. The largest absolute Gasteiger partial charge is 0.464 e. The second-order valence-corrected chi connectivity index (χ2v) is 12.8. The van der Waals surface area contributed by atoms with Crippen molar-refractivity contribution in [3.05, 3.63) is 23.8 Å². The molecule has 0 amide bonds. The zero-order chi connectivity index (χ0) is 34.7. The van der Waals surface area contributed by atoms with Crippen LogP contribution in [0.4, 0.5) is 0 Å². The molecule has 2 aliphatic heterocycles. The van der Waals surface area contributed by atoms with Gasteiger partial charge in [-0.15, -0.1) is 0 Å². The molecule has 2 aliphatic rings. The molecule has 0 unspecified atom stereocenters. The number of hydrogen-bond acceptors (Lipinski definition) is 13. The maximum absolute atomic E-state index is 13.2. The number of aldehydes is 1. The van der Waals surface area contributed by atoms with E-state index in [0.29, 0.717) is 18.3 Å². The van der Waals surface area contributed by atoms with Crippen LogP contribution in [0.15, 0.2) is 23.8 Å². The third kappa shape index (κ3) is 11.0. The average Bonchev–Trinajstić information content (AvgIpc) is 3.00. The summed E-state index contributed by atoms with van der Waals surface area (Å²) in [5, 5.41) is 33.2. The predicted molar refractivity (Wildman–Crippen MR) is 168 cm³/mol. The van der Waals surface area contributed by atoms with Crippen molar-refractivity contribution in [2.24, 2.45) is 29.4 Å². The summed E-state index contributed by atoms with van der Waals surface area (Å²) in [6, 6.07) is -0.732. The molecule has 0 aromatic carbocycles. The van der Waals surface area contributed by atoms with E-state index in [4.69, 9.17) is 24.7 Å². The molecule has 2 rings (SSSR count). The number of ether oxygens (including phenoxy) is 4. The van der Waals surface area contributed by atoms with E-state index in [-0.39, 0.29) is 31.8 Å². The number of aliphatic hydroxyl groups excluding tert-OH is 3. The van der Waals surface area contributed by atoms with Crippen molar-refractivity contribution < 1.29 is 53.4 Å². The SMILES string of the molecule is CC[C@H]1OC(=O)C[C@@H](O)[C@H](C)[C@@H](O[C@@H]2O[C@H](C)[C@@H](O)[C@H](N(C)C)[C@H]2O)[C@@H](CC=O)C[C@@H](C)C(=O)/C=C/C(C)=C/[C@@H]1COC(=O)CN. The zero-order valence-corrected chi connectivity index (χ0v) is 28.1. The minimum absolute atomic E-state index is 0.0222. The van der Waals surface area contributed by atoms with E-state index < -0.39 is 91.0 Å². The number of carbonyl (C=O) groups is 4. The molecule has 46 heavy (non-hydrogen) atoms. The molecule has 12 atom stereocenters. The first-order chi connectivity index (χ1) is 21.6. The highest BCUT2D eigenvalue weighted by Gasteiger charge is 2.47. The third-order valence-electron chi connectivity index (χ3n) is 8.96. The number of hydrogen-bond donors (Lipinski definition) is 4. The summed E-state index contributed by atoms with van der Waals surface area (Å²) >= 11 is 0. The normalized spacial score (nSPS) is 38.8. The minimum Gasteiger partial charge on any atom is -0.464 e. The fourth-order valence-corrected chi connectivity index (χ4v) is 6.16. The van der Waals surface area contributed by atoms with Crippen LogP contribution in [0.5, 0.6) is 0 Å². The highest BCUT2D eigenvalue weighted by Crippen LogP contribution is 2.34. The lowest BCUT2D eigenvalue weighted by Gasteiger charge is -2.46. The first-order valence-electron chi connectivity index (χ1n) is 16.1. The van der Waals surface area contributed by atoms with E-state index in [1.807, 2.05) is 0 Å².